The molecule has 0 heterocycles. The zero-order chi connectivity index (χ0) is 20.7. The van der Waals surface area contributed by atoms with Crippen molar-refractivity contribution in [3.63, 3.8) is 0 Å². The van der Waals surface area contributed by atoms with Crippen LogP contribution >= 0.6 is 0 Å². The van der Waals surface area contributed by atoms with E-state index < -0.39 is 24.0 Å². The SMILES string of the molecule is C[C@@H](O)[C@H](NC(=O)c1ccc(-c2ccccc2NC(=O)CN)cc1)C(=O)NO. The Bertz CT molecular complexity index is 852. The number of carbonyl (C=O) groups excluding carboxylic acids is 3. The Kier molecular flexibility index (Phi) is 7.21. The van der Waals surface area contributed by atoms with Crippen molar-refractivity contribution >= 4 is 23.4 Å². The van der Waals surface area contributed by atoms with Gasteiger partial charge in [-0.1, -0.05) is 30.3 Å². The molecule has 2 aromatic rings. The van der Waals surface area contributed by atoms with E-state index in [-0.39, 0.29) is 18.0 Å². The van der Waals surface area contributed by atoms with Crippen LogP contribution in [-0.2, 0) is 9.59 Å². The lowest BCUT2D eigenvalue weighted by Crippen LogP contribution is -2.51. The largest absolute Gasteiger partial charge is 0.391 e. The second-order valence-electron chi connectivity index (χ2n) is 6.04. The molecule has 0 unspecified atom stereocenters. The number of nitrogens with one attached hydrogen (secondary N) is 3. The fourth-order valence-corrected chi connectivity index (χ4v) is 2.55. The number of hydroxylamine groups is 1. The Morgan fingerprint density at radius 3 is 2.29 bits per heavy atom. The van der Waals surface area contributed by atoms with Crippen LogP contribution in [-0.4, -0.2) is 46.7 Å². The van der Waals surface area contributed by atoms with Gasteiger partial charge in [0, 0.05) is 16.8 Å². The van der Waals surface area contributed by atoms with Crippen LogP contribution < -0.4 is 21.8 Å². The summed E-state index contributed by atoms with van der Waals surface area (Å²) in [5, 5.41) is 23.4. The number of anilines is 1. The van der Waals surface area contributed by atoms with Crippen LogP contribution in [0.1, 0.15) is 17.3 Å². The normalized spacial score (nSPS) is 12.6. The summed E-state index contributed by atoms with van der Waals surface area (Å²) in [6, 6.07) is 12.3. The molecule has 0 aromatic heterocycles. The molecule has 3 amide bonds. The molecule has 0 fully saturated rings. The molecule has 0 spiro atoms. The van der Waals surface area contributed by atoms with Crippen molar-refractivity contribution in [1.29, 1.82) is 0 Å². The summed E-state index contributed by atoms with van der Waals surface area (Å²) >= 11 is 0. The average Bonchev–Trinajstić information content (AvgIpc) is 2.71. The number of hydrogen-bond donors (Lipinski definition) is 6. The van der Waals surface area contributed by atoms with E-state index >= 15 is 0 Å². The predicted octanol–water partition coefficient (Wildman–Crippen LogP) is 0.235. The van der Waals surface area contributed by atoms with Crippen LogP contribution in [0.15, 0.2) is 48.5 Å². The maximum Gasteiger partial charge on any atom is 0.268 e. The first-order valence-electron chi connectivity index (χ1n) is 8.49. The Hall–Kier alpha value is -3.27. The summed E-state index contributed by atoms with van der Waals surface area (Å²) < 4.78 is 0. The van der Waals surface area contributed by atoms with E-state index in [1.165, 1.54) is 12.4 Å². The van der Waals surface area contributed by atoms with E-state index in [2.05, 4.69) is 10.6 Å². The van der Waals surface area contributed by atoms with Gasteiger partial charge < -0.3 is 21.5 Å². The number of aliphatic hydroxyl groups is 1. The van der Waals surface area contributed by atoms with Crippen molar-refractivity contribution in [2.45, 2.75) is 19.1 Å². The first-order chi connectivity index (χ1) is 13.4. The maximum absolute atomic E-state index is 12.3. The smallest absolute Gasteiger partial charge is 0.268 e. The fraction of sp³-hybridized carbons (Fsp3) is 0.211. The third-order valence-corrected chi connectivity index (χ3v) is 4.01. The number of rotatable bonds is 7. The van der Waals surface area contributed by atoms with Crippen molar-refractivity contribution < 1.29 is 24.7 Å². The summed E-state index contributed by atoms with van der Waals surface area (Å²) in [7, 11) is 0. The van der Waals surface area contributed by atoms with E-state index in [1.807, 2.05) is 12.1 Å². The summed E-state index contributed by atoms with van der Waals surface area (Å²) in [5.41, 5.74) is 9.08. The third-order valence-electron chi connectivity index (χ3n) is 4.01. The zero-order valence-corrected chi connectivity index (χ0v) is 15.2. The number of amides is 3. The van der Waals surface area contributed by atoms with Gasteiger partial charge in [0.25, 0.3) is 11.8 Å². The fourth-order valence-electron chi connectivity index (χ4n) is 2.55. The van der Waals surface area contributed by atoms with E-state index in [1.54, 1.807) is 36.4 Å². The molecular formula is C19H22N4O5. The molecule has 0 radical (unpaired) electrons. The molecule has 0 saturated carbocycles. The molecule has 9 nitrogen and oxygen atoms in total. The van der Waals surface area contributed by atoms with Crippen LogP contribution in [0.5, 0.6) is 0 Å². The Morgan fingerprint density at radius 1 is 1.07 bits per heavy atom. The topological polar surface area (TPSA) is 154 Å². The highest BCUT2D eigenvalue weighted by Crippen LogP contribution is 2.28. The van der Waals surface area contributed by atoms with Crippen molar-refractivity contribution in [2.24, 2.45) is 5.73 Å². The van der Waals surface area contributed by atoms with Gasteiger partial charge in [-0.3, -0.25) is 19.6 Å². The van der Waals surface area contributed by atoms with Crippen molar-refractivity contribution in [3.8, 4) is 11.1 Å². The minimum atomic E-state index is -1.30. The van der Waals surface area contributed by atoms with E-state index in [0.29, 0.717) is 5.69 Å². The molecule has 0 aliphatic rings. The van der Waals surface area contributed by atoms with Gasteiger partial charge in [0.2, 0.25) is 5.91 Å². The highest BCUT2D eigenvalue weighted by Gasteiger charge is 2.25. The van der Waals surface area contributed by atoms with Crippen LogP contribution in [0.2, 0.25) is 0 Å². The maximum atomic E-state index is 12.3. The first-order valence-corrected chi connectivity index (χ1v) is 8.49. The minimum Gasteiger partial charge on any atom is -0.391 e. The van der Waals surface area contributed by atoms with Crippen LogP contribution in [0.3, 0.4) is 0 Å². The Balaban J connectivity index is 2.21. The van der Waals surface area contributed by atoms with Crippen LogP contribution in [0.4, 0.5) is 5.69 Å². The van der Waals surface area contributed by atoms with Gasteiger partial charge in [-0.15, -0.1) is 0 Å². The number of hydrogen-bond acceptors (Lipinski definition) is 6. The lowest BCUT2D eigenvalue weighted by molar-refractivity contribution is -0.133. The molecular weight excluding hydrogens is 364 g/mol. The monoisotopic (exact) mass is 386 g/mol. The van der Waals surface area contributed by atoms with Gasteiger partial charge >= 0.3 is 0 Å². The van der Waals surface area contributed by atoms with Crippen molar-refractivity contribution in [1.82, 2.24) is 10.8 Å². The van der Waals surface area contributed by atoms with E-state index in [9.17, 15) is 19.5 Å². The molecule has 2 atom stereocenters. The molecule has 148 valence electrons. The first kappa shape index (κ1) is 21.0. The number of nitrogens with two attached hydrogens (primary N) is 1. The lowest BCUT2D eigenvalue weighted by atomic mass is 10.0. The van der Waals surface area contributed by atoms with Crippen LogP contribution in [0, 0.1) is 0 Å². The second-order valence-corrected chi connectivity index (χ2v) is 6.04. The number of aliphatic hydroxyl groups excluding tert-OH is 1. The summed E-state index contributed by atoms with van der Waals surface area (Å²) in [6.45, 7) is 1.18. The van der Waals surface area contributed by atoms with Gasteiger partial charge in [-0.2, -0.15) is 0 Å². The predicted molar refractivity (Wildman–Crippen MR) is 102 cm³/mol. The highest BCUT2D eigenvalue weighted by atomic mass is 16.5. The van der Waals surface area contributed by atoms with Crippen LogP contribution in [0.25, 0.3) is 11.1 Å². The molecule has 2 aromatic carbocycles. The molecule has 2 rings (SSSR count). The molecule has 0 aliphatic heterocycles. The summed E-state index contributed by atoms with van der Waals surface area (Å²) in [5.74, 6) is -1.84. The van der Waals surface area contributed by atoms with Crippen molar-refractivity contribution in [2.75, 3.05) is 11.9 Å². The zero-order valence-electron chi connectivity index (χ0n) is 15.2. The van der Waals surface area contributed by atoms with Crippen molar-refractivity contribution in [3.05, 3.63) is 54.1 Å². The molecule has 0 saturated heterocycles. The number of carbonyl (C=O) groups is 3. The Labute approximate surface area is 161 Å². The van der Waals surface area contributed by atoms with Gasteiger partial charge in [0.15, 0.2) is 0 Å². The van der Waals surface area contributed by atoms with E-state index in [0.717, 1.165) is 11.1 Å². The third kappa shape index (κ3) is 5.13. The summed E-state index contributed by atoms with van der Waals surface area (Å²) in [6.07, 6.45) is -1.20. The standard InChI is InChI=1S/C19H22N4O5/c1-11(24)17(19(27)23-28)22-18(26)13-8-6-12(7-9-13)14-4-2-3-5-15(14)21-16(25)10-20/h2-9,11,17,24,28H,10,20H2,1H3,(H,21,25)(H,22,26)(H,23,27)/t11-,17+/m1/s1. The van der Waals surface area contributed by atoms with Gasteiger partial charge in [0.05, 0.1) is 12.6 Å². The van der Waals surface area contributed by atoms with Gasteiger partial charge in [0.1, 0.15) is 6.04 Å². The number of benzene rings is 2. The second kappa shape index (κ2) is 9.60. The summed E-state index contributed by atoms with van der Waals surface area (Å²) in [4.78, 5) is 35.4. The highest BCUT2D eigenvalue weighted by molar-refractivity contribution is 5.99. The molecule has 28 heavy (non-hydrogen) atoms. The Morgan fingerprint density at radius 2 is 1.71 bits per heavy atom. The molecule has 7 N–H and O–H groups in total. The average molecular weight is 386 g/mol. The molecule has 0 aliphatic carbocycles. The molecule has 9 heteroatoms. The van der Waals surface area contributed by atoms with Gasteiger partial charge in [-0.05, 0) is 30.7 Å². The quantitative estimate of drug-likeness (QED) is 0.296. The van der Waals surface area contributed by atoms with E-state index in [4.69, 9.17) is 10.9 Å². The lowest BCUT2D eigenvalue weighted by Gasteiger charge is -2.19. The van der Waals surface area contributed by atoms with Gasteiger partial charge in [-0.25, -0.2) is 5.48 Å². The minimum absolute atomic E-state index is 0.140. The molecule has 0 bridgehead atoms. The number of para-hydroxylation sites is 1.